The minimum atomic E-state index is 0.0705. The standard InChI is InChI=1S/C18H25N3O2/c1-13-10-16(13)18(23)19-15-5-3-4-14(11-15)17(22)12-21-8-6-20(2)7-9-21/h3-5,11,13,16H,6-10,12H2,1-2H3,(H,19,23). The number of benzene rings is 1. The second-order valence-corrected chi connectivity index (χ2v) is 6.89. The Hall–Kier alpha value is -1.72. The van der Waals surface area contributed by atoms with E-state index in [4.69, 9.17) is 0 Å². The van der Waals surface area contributed by atoms with E-state index < -0.39 is 0 Å². The zero-order valence-corrected chi connectivity index (χ0v) is 13.9. The molecule has 1 aromatic carbocycles. The number of nitrogens with one attached hydrogen (secondary N) is 1. The van der Waals surface area contributed by atoms with Crippen LogP contribution >= 0.6 is 0 Å². The van der Waals surface area contributed by atoms with Crippen molar-refractivity contribution in [3.8, 4) is 0 Å². The predicted octanol–water partition coefficient (Wildman–Crippen LogP) is 1.71. The molecule has 1 aromatic rings. The van der Waals surface area contributed by atoms with Crippen molar-refractivity contribution < 1.29 is 9.59 Å². The van der Waals surface area contributed by atoms with Gasteiger partial charge in [-0.15, -0.1) is 0 Å². The van der Waals surface area contributed by atoms with Gasteiger partial charge in [-0.05, 0) is 31.5 Å². The Balaban J connectivity index is 1.58. The average molecular weight is 315 g/mol. The minimum Gasteiger partial charge on any atom is -0.326 e. The van der Waals surface area contributed by atoms with Crippen LogP contribution in [0.4, 0.5) is 5.69 Å². The molecule has 1 N–H and O–H groups in total. The minimum absolute atomic E-state index is 0.0705. The second-order valence-electron chi connectivity index (χ2n) is 6.89. The van der Waals surface area contributed by atoms with Gasteiger partial charge >= 0.3 is 0 Å². The molecule has 3 rings (SSSR count). The molecule has 2 fully saturated rings. The first-order valence-electron chi connectivity index (χ1n) is 8.38. The van der Waals surface area contributed by atoms with Crippen LogP contribution in [0, 0.1) is 11.8 Å². The molecule has 2 unspecified atom stereocenters. The number of ketones is 1. The molecule has 2 atom stereocenters. The third kappa shape index (κ3) is 4.18. The van der Waals surface area contributed by atoms with Crippen LogP contribution in [0.25, 0.3) is 0 Å². The lowest BCUT2D eigenvalue weighted by molar-refractivity contribution is -0.117. The van der Waals surface area contributed by atoms with Crippen LogP contribution in [0.5, 0.6) is 0 Å². The lowest BCUT2D eigenvalue weighted by Crippen LogP contribution is -2.46. The number of Topliss-reactive ketones (excluding diaryl/α,β-unsaturated/α-hetero) is 1. The van der Waals surface area contributed by atoms with E-state index in [1.807, 2.05) is 18.2 Å². The quantitative estimate of drug-likeness (QED) is 0.841. The van der Waals surface area contributed by atoms with Gasteiger partial charge in [0, 0.05) is 43.3 Å². The third-order valence-corrected chi connectivity index (χ3v) is 4.86. The first-order chi connectivity index (χ1) is 11.0. The summed E-state index contributed by atoms with van der Waals surface area (Å²) in [5.41, 5.74) is 1.39. The monoisotopic (exact) mass is 315 g/mol. The van der Waals surface area contributed by atoms with Crippen molar-refractivity contribution in [2.24, 2.45) is 11.8 Å². The normalized spacial score (nSPS) is 25.1. The molecule has 1 saturated carbocycles. The largest absolute Gasteiger partial charge is 0.326 e. The molecule has 1 aliphatic heterocycles. The lowest BCUT2D eigenvalue weighted by Gasteiger charge is -2.31. The van der Waals surface area contributed by atoms with Crippen molar-refractivity contribution in [2.75, 3.05) is 45.1 Å². The van der Waals surface area contributed by atoms with Crippen molar-refractivity contribution in [2.45, 2.75) is 13.3 Å². The zero-order chi connectivity index (χ0) is 16.4. The maximum atomic E-state index is 12.5. The molecule has 124 valence electrons. The fourth-order valence-corrected chi connectivity index (χ4v) is 2.99. The molecule has 5 heteroatoms. The van der Waals surface area contributed by atoms with Crippen LogP contribution in [0.2, 0.25) is 0 Å². The summed E-state index contributed by atoms with van der Waals surface area (Å²) in [7, 11) is 2.10. The number of piperazine rings is 1. The summed E-state index contributed by atoms with van der Waals surface area (Å²) in [6, 6.07) is 7.30. The smallest absolute Gasteiger partial charge is 0.227 e. The molecular weight excluding hydrogens is 290 g/mol. The Labute approximate surface area is 137 Å². The zero-order valence-electron chi connectivity index (χ0n) is 13.9. The number of likely N-dealkylation sites (N-methyl/N-ethyl adjacent to an activating group) is 1. The highest BCUT2D eigenvalue weighted by Gasteiger charge is 2.39. The number of anilines is 1. The van der Waals surface area contributed by atoms with E-state index in [-0.39, 0.29) is 17.6 Å². The van der Waals surface area contributed by atoms with E-state index in [9.17, 15) is 9.59 Å². The number of amides is 1. The van der Waals surface area contributed by atoms with Gasteiger partial charge in [-0.3, -0.25) is 14.5 Å². The van der Waals surface area contributed by atoms with Gasteiger partial charge in [-0.2, -0.15) is 0 Å². The summed E-state index contributed by atoms with van der Waals surface area (Å²) in [6.45, 7) is 6.40. The molecule has 1 amide bonds. The van der Waals surface area contributed by atoms with Crippen LogP contribution in [0.15, 0.2) is 24.3 Å². The molecule has 0 radical (unpaired) electrons. The van der Waals surface area contributed by atoms with Gasteiger partial charge in [0.1, 0.15) is 0 Å². The molecule has 1 aliphatic carbocycles. The average Bonchev–Trinajstić information content (AvgIpc) is 3.27. The highest BCUT2D eigenvalue weighted by atomic mass is 16.2. The molecule has 2 aliphatic rings. The van der Waals surface area contributed by atoms with E-state index >= 15 is 0 Å². The summed E-state index contributed by atoms with van der Waals surface area (Å²) < 4.78 is 0. The SMILES string of the molecule is CC1CC1C(=O)Nc1cccc(C(=O)CN2CCN(C)CC2)c1. The van der Waals surface area contributed by atoms with Crippen molar-refractivity contribution in [3.63, 3.8) is 0 Å². The van der Waals surface area contributed by atoms with Gasteiger partial charge in [0.2, 0.25) is 5.91 Å². The van der Waals surface area contributed by atoms with Gasteiger partial charge < -0.3 is 10.2 Å². The number of carbonyl (C=O) groups is 2. The Bertz CT molecular complexity index is 594. The second kappa shape index (κ2) is 6.81. The molecule has 1 saturated heterocycles. The highest BCUT2D eigenvalue weighted by Crippen LogP contribution is 2.38. The fraction of sp³-hybridized carbons (Fsp3) is 0.556. The van der Waals surface area contributed by atoms with E-state index in [1.165, 1.54) is 0 Å². The molecule has 0 aromatic heterocycles. The van der Waals surface area contributed by atoms with Crippen LogP contribution < -0.4 is 5.32 Å². The summed E-state index contributed by atoms with van der Waals surface area (Å²) >= 11 is 0. The Morgan fingerprint density at radius 1 is 1.22 bits per heavy atom. The maximum Gasteiger partial charge on any atom is 0.227 e. The molecule has 0 spiro atoms. The fourth-order valence-electron chi connectivity index (χ4n) is 2.99. The van der Waals surface area contributed by atoms with Crippen LogP contribution in [-0.2, 0) is 4.79 Å². The first kappa shape index (κ1) is 16.1. The Kier molecular flexibility index (Phi) is 4.78. The number of rotatable bonds is 5. The van der Waals surface area contributed by atoms with Crippen LogP contribution in [0.3, 0.4) is 0 Å². The van der Waals surface area contributed by atoms with Gasteiger partial charge in [-0.25, -0.2) is 0 Å². The summed E-state index contributed by atoms with van der Waals surface area (Å²) in [4.78, 5) is 28.9. The van der Waals surface area contributed by atoms with Crippen molar-refractivity contribution in [1.29, 1.82) is 0 Å². The number of carbonyl (C=O) groups excluding carboxylic acids is 2. The summed E-state index contributed by atoms with van der Waals surface area (Å²) in [6.07, 6.45) is 0.966. The van der Waals surface area contributed by atoms with E-state index in [0.29, 0.717) is 18.0 Å². The molecule has 0 bridgehead atoms. The van der Waals surface area contributed by atoms with Gasteiger partial charge in [0.05, 0.1) is 6.54 Å². The number of nitrogens with zero attached hydrogens (tertiary/aromatic N) is 2. The van der Waals surface area contributed by atoms with Gasteiger partial charge in [-0.1, -0.05) is 19.1 Å². The van der Waals surface area contributed by atoms with E-state index in [0.717, 1.165) is 38.3 Å². The summed E-state index contributed by atoms with van der Waals surface area (Å²) in [5.74, 6) is 0.809. The highest BCUT2D eigenvalue weighted by molar-refractivity contribution is 6.00. The third-order valence-electron chi connectivity index (χ3n) is 4.86. The van der Waals surface area contributed by atoms with Gasteiger partial charge in [0.25, 0.3) is 0 Å². The molecular formula is C18H25N3O2. The first-order valence-corrected chi connectivity index (χ1v) is 8.38. The molecule has 5 nitrogen and oxygen atoms in total. The van der Waals surface area contributed by atoms with Crippen molar-refractivity contribution >= 4 is 17.4 Å². The lowest BCUT2D eigenvalue weighted by atomic mass is 10.1. The van der Waals surface area contributed by atoms with Crippen molar-refractivity contribution in [1.82, 2.24) is 9.80 Å². The summed E-state index contributed by atoms with van der Waals surface area (Å²) in [5, 5.41) is 2.93. The van der Waals surface area contributed by atoms with E-state index in [1.54, 1.807) is 6.07 Å². The Morgan fingerprint density at radius 3 is 2.57 bits per heavy atom. The van der Waals surface area contributed by atoms with E-state index in [2.05, 4.69) is 29.1 Å². The van der Waals surface area contributed by atoms with Crippen LogP contribution in [0.1, 0.15) is 23.7 Å². The predicted molar refractivity (Wildman–Crippen MR) is 90.6 cm³/mol. The van der Waals surface area contributed by atoms with Crippen LogP contribution in [-0.4, -0.2) is 61.3 Å². The maximum absolute atomic E-state index is 12.5. The van der Waals surface area contributed by atoms with Crippen molar-refractivity contribution in [3.05, 3.63) is 29.8 Å². The number of hydrogen-bond acceptors (Lipinski definition) is 4. The molecule has 1 heterocycles. The Morgan fingerprint density at radius 2 is 1.91 bits per heavy atom. The van der Waals surface area contributed by atoms with Gasteiger partial charge in [0.15, 0.2) is 5.78 Å². The number of hydrogen-bond donors (Lipinski definition) is 1. The molecule has 23 heavy (non-hydrogen) atoms. The topological polar surface area (TPSA) is 52.7 Å².